The fraction of sp³-hybridized carbons (Fsp3) is 0.286. The number of methoxy groups -OCH3 is 1. The summed E-state index contributed by atoms with van der Waals surface area (Å²) in [6, 6.07) is 12.6. The molecule has 1 aliphatic rings. The number of hydrogen-bond donors (Lipinski definition) is 0. The summed E-state index contributed by atoms with van der Waals surface area (Å²) in [7, 11) is 1.28. The summed E-state index contributed by atoms with van der Waals surface area (Å²) in [5, 5.41) is 0. The number of rotatable bonds is 4. The summed E-state index contributed by atoms with van der Waals surface area (Å²) in [5.74, 6) is -1.25. The number of ether oxygens (including phenoxy) is 1. The van der Waals surface area contributed by atoms with Crippen molar-refractivity contribution in [1.29, 1.82) is 0 Å². The molecule has 146 valence electrons. The highest BCUT2D eigenvalue weighted by atomic mass is 19.1. The summed E-state index contributed by atoms with van der Waals surface area (Å²) in [5.41, 5.74) is 1.10. The first-order valence-corrected chi connectivity index (χ1v) is 8.98. The average molecular weight is 384 g/mol. The first-order valence-electron chi connectivity index (χ1n) is 8.98. The van der Waals surface area contributed by atoms with Gasteiger partial charge >= 0.3 is 5.97 Å². The molecule has 0 atom stereocenters. The zero-order valence-electron chi connectivity index (χ0n) is 15.6. The van der Waals surface area contributed by atoms with E-state index in [1.54, 1.807) is 46.2 Å². The van der Waals surface area contributed by atoms with Crippen LogP contribution in [0.5, 0.6) is 0 Å². The normalized spacial score (nSPS) is 14.6. The minimum absolute atomic E-state index is 0.123. The first kappa shape index (κ1) is 19.5. The lowest BCUT2D eigenvalue weighted by Gasteiger charge is -2.22. The van der Waals surface area contributed by atoms with Crippen molar-refractivity contribution in [3.05, 3.63) is 71.0 Å². The molecule has 1 saturated heterocycles. The first-order chi connectivity index (χ1) is 13.5. The molecular formula is C21H21FN2O4. The molecule has 2 aromatic rings. The maximum Gasteiger partial charge on any atom is 0.337 e. The second-order valence-electron chi connectivity index (χ2n) is 6.52. The van der Waals surface area contributed by atoms with Gasteiger partial charge in [-0.25, -0.2) is 9.18 Å². The summed E-state index contributed by atoms with van der Waals surface area (Å²) >= 11 is 0. The van der Waals surface area contributed by atoms with E-state index in [0.29, 0.717) is 29.8 Å². The van der Waals surface area contributed by atoms with Crippen molar-refractivity contribution >= 4 is 17.8 Å². The molecule has 2 amide bonds. The van der Waals surface area contributed by atoms with Gasteiger partial charge in [0, 0.05) is 43.7 Å². The molecule has 0 aromatic heterocycles. The van der Waals surface area contributed by atoms with Crippen LogP contribution in [0, 0.1) is 5.82 Å². The molecule has 0 bridgehead atoms. The molecule has 1 aliphatic heterocycles. The number of amides is 2. The molecule has 1 heterocycles. The standard InChI is InChI=1S/C21H21FN2O4/c1-28-21(27)16-7-4-6-15(13-16)20(26)23-10-9-19(25)24(12-11-23)14-17-5-2-3-8-18(17)22/h2-8,13H,9-12,14H2,1H3. The van der Waals surface area contributed by atoms with Gasteiger partial charge in [-0.2, -0.15) is 0 Å². The van der Waals surface area contributed by atoms with Crippen LogP contribution in [0.2, 0.25) is 0 Å². The Morgan fingerprint density at radius 2 is 1.79 bits per heavy atom. The number of benzene rings is 2. The molecule has 0 unspecified atom stereocenters. The summed E-state index contributed by atoms with van der Waals surface area (Å²) in [4.78, 5) is 40.1. The molecule has 1 fully saturated rings. The Morgan fingerprint density at radius 1 is 1.04 bits per heavy atom. The van der Waals surface area contributed by atoms with Gasteiger partial charge in [0.25, 0.3) is 5.91 Å². The number of esters is 1. The van der Waals surface area contributed by atoms with Crippen molar-refractivity contribution in [3.63, 3.8) is 0 Å². The van der Waals surface area contributed by atoms with Crippen molar-refractivity contribution in [2.45, 2.75) is 13.0 Å². The molecular weight excluding hydrogens is 363 g/mol. The topological polar surface area (TPSA) is 66.9 Å². The van der Waals surface area contributed by atoms with Gasteiger partial charge in [-0.05, 0) is 24.3 Å². The second-order valence-corrected chi connectivity index (χ2v) is 6.52. The van der Waals surface area contributed by atoms with Gasteiger partial charge in [-0.3, -0.25) is 9.59 Å². The Morgan fingerprint density at radius 3 is 2.54 bits per heavy atom. The number of nitrogens with zero attached hydrogens (tertiary/aromatic N) is 2. The van der Waals surface area contributed by atoms with E-state index >= 15 is 0 Å². The highest BCUT2D eigenvalue weighted by Gasteiger charge is 2.25. The Labute approximate surface area is 162 Å². The van der Waals surface area contributed by atoms with E-state index in [4.69, 9.17) is 0 Å². The molecule has 2 aromatic carbocycles. The van der Waals surface area contributed by atoms with E-state index in [-0.39, 0.29) is 37.1 Å². The predicted molar refractivity (Wildman–Crippen MR) is 100 cm³/mol. The summed E-state index contributed by atoms with van der Waals surface area (Å²) < 4.78 is 18.6. The van der Waals surface area contributed by atoms with Crippen LogP contribution < -0.4 is 0 Å². The van der Waals surface area contributed by atoms with Crippen LogP contribution in [0.4, 0.5) is 4.39 Å². The maximum atomic E-state index is 13.9. The zero-order valence-corrected chi connectivity index (χ0v) is 15.6. The molecule has 0 N–H and O–H groups in total. The minimum Gasteiger partial charge on any atom is -0.465 e. The van der Waals surface area contributed by atoms with Gasteiger partial charge < -0.3 is 14.5 Å². The maximum absolute atomic E-state index is 13.9. The lowest BCUT2D eigenvalue weighted by atomic mass is 10.1. The fourth-order valence-corrected chi connectivity index (χ4v) is 3.15. The summed E-state index contributed by atoms with van der Waals surface area (Å²) in [6.07, 6.45) is 0.164. The smallest absolute Gasteiger partial charge is 0.337 e. The monoisotopic (exact) mass is 384 g/mol. The molecule has 0 saturated carbocycles. The minimum atomic E-state index is -0.517. The molecule has 0 aliphatic carbocycles. The Hall–Kier alpha value is -3.22. The van der Waals surface area contributed by atoms with Crippen molar-refractivity contribution < 1.29 is 23.5 Å². The van der Waals surface area contributed by atoms with Gasteiger partial charge in [0.15, 0.2) is 0 Å². The number of hydrogen-bond acceptors (Lipinski definition) is 4. The highest BCUT2D eigenvalue weighted by molar-refractivity contribution is 5.98. The van der Waals surface area contributed by atoms with Crippen LogP contribution in [0.15, 0.2) is 48.5 Å². The molecule has 6 nitrogen and oxygen atoms in total. The fourth-order valence-electron chi connectivity index (χ4n) is 3.15. The van der Waals surface area contributed by atoms with E-state index in [2.05, 4.69) is 4.74 Å². The predicted octanol–water partition coefficient (Wildman–Crippen LogP) is 2.49. The van der Waals surface area contributed by atoms with E-state index in [9.17, 15) is 18.8 Å². The van der Waals surface area contributed by atoms with Crippen molar-refractivity contribution in [2.75, 3.05) is 26.7 Å². The quantitative estimate of drug-likeness (QED) is 0.760. The Balaban J connectivity index is 1.70. The Bertz CT molecular complexity index is 899. The SMILES string of the molecule is COC(=O)c1cccc(C(=O)N2CCC(=O)N(Cc3ccccc3F)CC2)c1. The van der Waals surface area contributed by atoms with Crippen molar-refractivity contribution in [3.8, 4) is 0 Å². The van der Waals surface area contributed by atoms with Crippen molar-refractivity contribution in [2.24, 2.45) is 0 Å². The van der Waals surface area contributed by atoms with E-state index < -0.39 is 5.97 Å². The number of carbonyl (C=O) groups excluding carboxylic acids is 3. The van der Waals surface area contributed by atoms with Gasteiger partial charge in [-0.15, -0.1) is 0 Å². The number of carbonyl (C=O) groups is 3. The van der Waals surface area contributed by atoms with E-state index in [1.165, 1.54) is 19.2 Å². The second kappa shape index (κ2) is 8.65. The van der Waals surface area contributed by atoms with Crippen LogP contribution in [0.25, 0.3) is 0 Å². The molecule has 28 heavy (non-hydrogen) atoms. The summed E-state index contributed by atoms with van der Waals surface area (Å²) in [6.45, 7) is 1.09. The van der Waals surface area contributed by atoms with Crippen LogP contribution in [-0.2, 0) is 16.1 Å². The third kappa shape index (κ3) is 4.36. The average Bonchev–Trinajstić information content (AvgIpc) is 2.90. The lowest BCUT2D eigenvalue weighted by Crippen LogP contribution is -2.35. The number of halogens is 1. The largest absolute Gasteiger partial charge is 0.465 e. The highest BCUT2D eigenvalue weighted by Crippen LogP contribution is 2.16. The van der Waals surface area contributed by atoms with Crippen LogP contribution in [-0.4, -0.2) is 54.3 Å². The third-order valence-electron chi connectivity index (χ3n) is 4.73. The van der Waals surface area contributed by atoms with E-state index in [1.807, 2.05) is 0 Å². The molecule has 3 rings (SSSR count). The van der Waals surface area contributed by atoms with E-state index in [0.717, 1.165) is 0 Å². The molecule has 0 radical (unpaired) electrons. The van der Waals surface area contributed by atoms with Crippen LogP contribution in [0.1, 0.15) is 32.7 Å². The van der Waals surface area contributed by atoms with Gasteiger partial charge in [0.05, 0.1) is 12.7 Å². The molecule has 0 spiro atoms. The van der Waals surface area contributed by atoms with Crippen molar-refractivity contribution in [1.82, 2.24) is 9.80 Å². The van der Waals surface area contributed by atoms with Gasteiger partial charge in [-0.1, -0.05) is 24.3 Å². The zero-order chi connectivity index (χ0) is 20.1. The third-order valence-corrected chi connectivity index (χ3v) is 4.73. The van der Waals surface area contributed by atoms with Crippen LogP contribution in [0.3, 0.4) is 0 Å². The molecule has 7 heteroatoms. The lowest BCUT2D eigenvalue weighted by molar-refractivity contribution is -0.130. The Kier molecular flexibility index (Phi) is 6.03. The van der Waals surface area contributed by atoms with Crippen LogP contribution >= 0.6 is 0 Å². The van der Waals surface area contributed by atoms with Gasteiger partial charge in [0.2, 0.25) is 5.91 Å². The van der Waals surface area contributed by atoms with Gasteiger partial charge in [0.1, 0.15) is 5.82 Å².